The van der Waals surface area contributed by atoms with Gasteiger partial charge in [-0.2, -0.15) is 0 Å². The number of carbonyl (C=O) groups excluding carboxylic acids is 1. The lowest BCUT2D eigenvalue weighted by Crippen LogP contribution is -2.43. The number of fused-ring (bicyclic) bond motifs is 1. The first kappa shape index (κ1) is 31.1. The van der Waals surface area contributed by atoms with E-state index in [4.69, 9.17) is 32.8 Å². The monoisotopic (exact) mass is 575 g/mol. The number of aliphatic hydroxyl groups excluding tert-OH is 1. The van der Waals surface area contributed by atoms with Crippen LogP contribution >= 0.6 is 0 Å². The van der Waals surface area contributed by atoms with Gasteiger partial charge in [-0.05, 0) is 38.0 Å². The molecule has 1 amide bonds. The van der Waals surface area contributed by atoms with E-state index in [0.717, 1.165) is 0 Å². The Kier molecular flexibility index (Phi) is 12.6. The Bertz CT molecular complexity index is 1170. The van der Waals surface area contributed by atoms with Crippen molar-refractivity contribution >= 4 is 16.9 Å². The third-order valence-corrected chi connectivity index (χ3v) is 7.10. The molecule has 2 aliphatic heterocycles. The Hall–Kier alpha value is -2.80. The minimum Gasteiger partial charge on any atom is -0.464 e. The van der Waals surface area contributed by atoms with Crippen LogP contribution in [-0.4, -0.2) is 101 Å². The lowest BCUT2D eigenvalue weighted by atomic mass is 9.81. The van der Waals surface area contributed by atoms with Crippen LogP contribution in [0.25, 0.3) is 11.0 Å². The maximum absolute atomic E-state index is 13.9. The molecule has 0 aliphatic carbocycles. The summed E-state index contributed by atoms with van der Waals surface area (Å²) in [7, 11) is 0. The number of ether oxygens (including phenoxy) is 6. The van der Waals surface area contributed by atoms with Crippen molar-refractivity contribution in [1.29, 1.82) is 0 Å². The highest BCUT2D eigenvalue weighted by molar-refractivity contribution is 5.92. The molecule has 226 valence electrons. The average molecular weight is 576 g/mol. The molecule has 2 aromatic rings. The fraction of sp³-hybridized carbons (Fsp3) is 0.600. The molecule has 2 aliphatic rings. The average Bonchev–Trinajstić information content (AvgIpc) is 3.00. The van der Waals surface area contributed by atoms with E-state index < -0.39 is 12.2 Å². The van der Waals surface area contributed by atoms with Crippen LogP contribution in [0.1, 0.15) is 31.2 Å². The van der Waals surface area contributed by atoms with Gasteiger partial charge >= 0.3 is 0 Å². The molecule has 0 unspecified atom stereocenters. The Balaban J connectivity index is 1.63. The highest BCUT2D eigenvalue weighted by atomic mass is 16.7. The van der Waals surface area contributed by atoms with Gasteiger partial charge in [0.1, 0.15) is 5.58 Å². The highest BCUT2D eigenvalue weighted by Gasteiger charge is 2.40. The van der Waals surface area contributed by atoms with Crippen molar-refractivity contribution < 1.29 is 42.7 Å². The molecule has 11 nitrogen and oxygen atoms in total. The van der Waals surface area contributed by atoms with Gasteiger partial charge in [-0.1, -0.05) is 12.1 Å². The van der Waals surface area contributed by atoms with Crippen molar-refractivity contribution in [3.63, 3.8) is 0 Å². The van der Waals surface area contributed by atoms with Gasteiger partial charge in [0.15, 0.2) is 11.2 Å². The molecule has 1 aromatic heterocycles. The standard InChI is InChI=1S/C30H41NO10/c1-2-39-30-22(7-5-11-32)24(25-21-40-26-8-4-3-6-23(26)28(25)33)20-27(41-30)29(34)31-9-12-35-14-16-37-18-19-38-17-15-36-13-10-31/h3-4,6,8,20-22,24,30,32H,2,5,7,9-19H2,1H3/t22-,24-,30+/m0/s1. The zero-order valence-electron chi connectivity index (χ0n) is 23.7. The van der Waals surface area contributed by atoms with Crippen molar-refractivity contribution in [2.75, 3.05) is 79.2 Å². The number of aliphatic hydroxyl groups is 1. The molecule has 1 fully saturated rings. The summed E-state index contributed by atoms with van der Waals surface area (Å²) in [4.78, 5) is 29.1. The van der Waals surface area contributed by atoms with Crippen LogP contribution in [0, 0.1) is 5.92 Å². The maximum Gasteiger partial charge on any atom is 0.288 e. The third-order valence-electron chi connectivity index (χ3n) is 7.10. The van der Waals surface area contributed by atoms with Gasteiger partial charge in [0, 0.05) is 43.7 Å². The van der Waals surface area contributed by atoms with Crippen molar-refractivity contribution in [2.45, 2.75) is 32.0 Å². The van der Waals surface area contributed by atoms with Crippen LogP contribution in [0.2, 0.25) is 0 Å². The number of carbonyl (C=O) groups is 1. The molecule has 0 bridgehead atoms. The Labute approximate surface area is 239 Å². The van der Waals surface area contributed by atoms with Crippen molar-refractivity contribution in [1.82, 2.24) is 4.90 Å². The zero-order chi connectivity index (χ0) is 28.9. The molecular formula is C30H41NO10. The van der Waals surface area contributed by atoms with Crippen molar-refractivity contribution in [3.8, 4) is 0 Å². The summed E-state index contributed by atoms with van der Waals surface area (Å²) in [6.07, 6.45) is 3.37. The Morgan fingerprint density at radius 1 is 0.976 bits per heavy atom. The third kappa shape index (κ3) is 8.60. The van der Waals surface area contributed by atoms with Crippen LogP contribution in [0.5, 0.6) is 0 Å². The molecule has 4 rings (SSSR count). The molecule has 1 saturated heterocycles. The SMILES string of the molecule is CCO[C@@H]1OC(C(=O)N2CCOCCOCCOCCOCC2)=C[C@H](c2coc3ccccc3c2=O)[C@@H]1CCCO. The first-order valence-electron chi connectivity index (χ1n) is 14.4. The van der Waals surface area contributed by atoms with Gasteiger partial charge in [0.2, 0.25) is 6.29 Å². The molecule has 1 N–H and O–H groups in total. The minimum atomic E-state index is -0.795. The van der Waals surface area contributed by atoms with Crippen LogP contribution in [-0.2, 0) is 33.2 Å². The van der Waals surface area contributed by atoms with E-state index in [2.05, 4.69) is 0 Å². The summed E-state index contributed by atoms with van der Waals surface area (Å²) < 4.78 is 40.3. The van der Waals surface area contributed by atoms with Crippen LogP contribution in [0.3, 0.4) is 0 Å². The molecular weight excluding hydrogens is 534 g/mol. The van der Waals surface area contributed by atoms with E-state index in [1.165, 1.54) is 6.26 Å². The van der Waals surface area contributed by atoms with E-state index in [1.54, 1.807) is 35.2 Å². The van der Waals surface area contributed by atoms with Crippen molar-refractivity contribution in [2.24, 2.45) is 5.92 Å². The normalized spacial score (nSPS) is 23.7. The lowest BCUT2D eigenvalue weighted by molar-refractivity contribution is -0.171. The van der Waals surface area contributed by atoms with E-state index in [0.29, 0.717) is 102 Å². The van der Waals surface area contributed by atoms with Crippen LogP contribution < -0.4 is 5.43 Å². The number of benzene rings is 1. The zero-order valence-corrected chi connectivity index (χ0v) is 23.7. The fourth-order valence-corrected chi connectivity index (χ4v) is 5.02. The highest BCUT2D eigenvalue weighted by Crippen LogP contribution is 2.39. The molecule has 0 spiro atoms. The topological polar surface area (TPSA) is 126 Å². The number of para-hydroxylation sites is 1. The van der Waals surface area contributed by atoms with Gasteiger partial charge in [0.25, 0.3) is 5.91 Å². The Morgan fingerprint density at radius 3 is 2.24 bits per heavy atom. The van der Waals surface area contributed by atoms with E-state index in [1.807, 2.05) is 6.92 Å². The molecule has 0 radical (unpaired) electrons. The summed E-state index contributed by atoms with van der Waals surface area (Å²) in [5, 5.41) is 10.0. The van der Waals surface area contributed by atoms with Gasteiger partial charge in [-0.15, -0.1) is 0 Å². The van der Waals surface area contributed by atoms with Crippen LogP contribution in [0.4, 0.5) is 0 Å². The largest absolute Gasteiger partial charge is 0.464 e. The summed E-state index contributed by atoms with van der Waals surface area (Å²) in [6, 6.07) is 7.06. The number of rotatable bonds is 7. The van der Waals surface area contributed by atoms with Gasteiger partial charge in [-0.25, -0.2) is 0 Å². The van der Waals surface area contributed by atoms with Gasteiger partial charge < -0.3 is 42.8 Å². The van der Waals surface area contributed by atoms with Gasteiger partial charge in [-0.3, -0.25) is 9.59 Å². The smallest absolute Gasteiger partial charge is 0.288 e. The number of amides is 1. The summed E-state index contributed by atoms with van der Waals surface area (Å²) in [5.74, 6) is -1.12. The van der Waals surface area contributed by atoms with E-state index in [9.17, 15) is 14.7 Å². The lowest BCUT2D eigenvalue weighted by Gasteiger charge is -2.37. The second kappa shape index (κ2) is 16.6. The fourth-order valence-electron chi connectivity index (χ4n) is 5.02. The first-order chi connectivity index (χ1) is 20.1. The quantitative estimate of drug-likeness (QED) is 0.526. The number of hydrogen-bond acceptors (Lipinski definition) is 10. The predicted molar refractivity (Wildman–Crippen MR) is 149 cm³/mol. The molecule has 0 saturated carbocycles. The molecule has 41 heavy (non-hydrogen) atoms. The van der Waals surface area contributed by atoms with Gasteiger partial charge in [0.05, 0.1) is 64.5 Å². The van der Waals surface area contributed by atoms with E-state index in [-0.39, 0.29) is 29.6 Å². The van der Waals surface area contributed by atoms with E-state index >= 15 is 0 Å². The molecule has 1 aromatic carbocycles. The summed E-state index contributed by atoms with van der Waals surface area (Å²) in [5.41, 5.74) is 0.722. The Morgan fingerprint density at radius 2 is 1.61 bits per heavy atom. The molecule has 3 atom stereocenters. The molecule has 3 heterocycles. The predicted octanol–water partition coefficient (Wildman–Crippen LogP) is 2.45. The van der Waals surface area contributed by atoms with Crippen LogP contribution in [0.15, 0.2) is 51.6 Å². The summed E-state index contributed by atoms with van der Waals surface area (Å²) in [6.45, 7) is 6.05. The minimum absolute atomic E-state index is 0.0201. The number of hydrogen-bond donors (Lipinski definition) is 1. The maximum atomic E-state index is 13.9. The second-order valence-electron chi connectivity index (χ2n) is 9.79. The second-order valence-corrected chi connectivity index (χ2v) is 9.79. The number of nitrogens with zero attached hydrogens (tertiary/aromatic N) is 1. The number of allylic oxidation sites excluding steroid dienone is 1. The van der Waals surface area contributed by atoms with Crippen molar-refractivity contribution in [3.05, 3.63) is 58.2 Å². The molecule has 11 heteroatoms. The first-order valence-corrected chi connectivity index (χ1v) is 14.4. The summed E-state index contributed by atoms with van der Waals surface area (Å²) >= 11 is 0.